The number of hydrogen-bond donors (Lipinski definition) is 2. The molecule has 0 unspecified atom stereocenters. The lowest BCUT2D eigenvalue weighted by atomic mass is 10.3. The number of anilines is 4. The van der Waals surface area contributed by atoms with Gasteiger partial charge in [-0.2, -0.15) is 0 Å². The molecule has 0 atom stereocenters. The Morgan fingerprint density at radius 1 is 1.06 bits per heavy atom. The fourth-order valence-electron chi connectivity index (χ4n) is 3.24. The van der Waals surface area contributed by atoms with E-state index >= 15 is 0 Å². The van der Waals surface area contributed by atoms with Gasteiger partial charge < -0.3 is 15.0 Å². The van der Waals surface area contributed by atoms with Gasteiger partial charge in [0.25, 0.3) is 10.0 Å². The summed E-state index contributed by atoms with van der Waals surface area (Å²) in [6.45, 7) is 6.85. The molecule has 0 radical (unpaired) electrons. The van der Waals surface area contributed by atoms with Crippen LogP contribution in [-0.4, -0.2) is 44.7 Å². The molecule has 1 fully saturated rings. The number of ether oxygens (including phenoxy) is 1. The minimum Gasteiger partial charge on any atom is -0.378 e. The standard InChI is InChI=1S/C21H25N5O3S2/c1-3-18-8-9-21(30-18)31(27,28)25-17-6-4-16(5-7-17)24-19-14-20(23-15(2)22-19)26-10-12-29-13-11-26/h4-9,14,25H,3,10-13H2,1-2H3,(H,22,23,24). The van der Waals surface area contributed by atoms with E-state index in [4.69, 9.17) is 4.74 Å². The molecule has 1 saturated heterocycles. The first-order valence-corrected chi connectivity index (χ1v) is 12.4. The first-order valence-electron chi connectivity index (χ1n) is 10.1. The Balaban J connectivity index is 1.45. The summed E-state index contributed by atoms with van der Waals surface area (Å²) in [5.41, 5.74) is 1.31. The second-order valence-corrected chi connectivity index (χ2v) is 10.2. The third kappa shape index (κ3) is 5.33. The number of aryl methyl sites for hydroxylation is 2. The predicted octanol–water partition coefficient (Wildman–Crippen LogP) is 3.79. The first kappa shape index (κ1) is 21.5. The number of sulfonamides is 1. The van der Waals surface area contributed by atoms with Gasteiger partial charge in [-0.15, -0.1) is 11.3 Å². The van der Waals surface area contributed by atoms with E-state index in [1.54, 1.807) is 18.2 Å². The van der Waals surface area contributed by atoms with Crippen LogP contribution < -0.4 is 14.9 Å². The summed E-state index contributed by atoms with van der Waals surface area (Å²) in [6, 6.07) is 12.5. The highest BCUT2D eigenvalue weighted by Gasteiger charge is 2.17. The second kappa shape index (κ2) is 9.21. The summed E-state index contributed by atoms with van der Waals surface area (Å²) in [5.74, 6) is 2.23. The summed E-state index contributed by atoms with van der Waals surface area (Å²) < 4.78 is 33.5. The van der Waals surface area contributed by atoms with E-state index in [1.165, 1.54) is 11.3 Å². The molecule has 0 saturated carbocycles. The first-order chi connectivity index (χ1) is 14.9. The highest BCUT2D eigenvalue weighted by molar-refractivity contribution is 7.94. The number of nitrogens with one attached hydrogen (secondary N) is 2. The van der Waals surface area contributed by atoms with Crippen LogP contribution >= 0.6 is 11.3 Å². The average molecular weight is 460 g/mol. The molecule has 4 rings (SSSR count). The monoisotopic (exact) mass is 459 g/mol. The van der Waals surface area contributed by atoms with Crippen molar-refractivity contribution in [2.45, 2.75) is 24.5 Å². The summed E-state index contributed by atoms with van der Waals surface area (Å²) in [6.07, 6.45) is 0.816. The Morgan fingerprint density at radius 2 is 1.77 bits per heavy atom. The molecule has 8 nitrogen and oxygen atoms in total. The number of rotatable bonds is 7. The normalized spacial score (nSPS) is 14.5. The number of nitrogens with zero attached hydrogens (tertiary/aromatic N) is 3. The van der Waals surface area contributed by atoms with Crippen LogP contribution in [0.25, 0.3) is 0 Å². The fraction of sp³-hybridized carbons (Fsp3) is 0.333. The molecule has 1 aliphatic heterocycles. The van der Waals surface area contributed by atoms with Crippen molar-refractivity contribution >= 4 is 44.4 Å². The van der Waals surface area contributed by atoms with Crippen molar-refractivity contribution in [2.24, 2.45) is 0 Å². The number of morpholine rings is 1. The van der Waals surface area contributed by atoms with Crippen LogP contribution in [0.4, 0.5) is 23.0 Å². The van der Waals surface area contributed by atoms with E-state index < -0.39 is 10.0 Å². The van der Waals surface area contributed by atoms with Gasteiger partial charge in [-0.05, 0) is 49.7 Å². The summed E-state index contributed by atoms with van der Waals surface area (Å²) in [5, 5.41) is 3.27. The maximum atomic E-state index is 12.6. The summed E-state index contributed by atoms with van der Waals surface area (Å²) in [4.78, 5) is 12.2. The number of aromatic nitrogens is 2. The average Bonchev–Trinajstić information content (AvgIpc) is 3.26. The molecule has 10 heteroatoms. The van der Waals surface area contributed by atoms with Crippen LogP contribution in [-0.2, 0) is 21.2 Å². The Morgan fingerprint density at radius 3 is 2.45 bits per heavy atom. The van der Waals surface area contributed by atoms with Crippen LogP contribution in [0, 0.1) is 6.92 Å². The number of hydrogen-bond acceptors (Lipinski definition) is 8. The third-order valence-electron chi connectivity index (χ3n) is 4.82. The Hall–Kier alpha value is -2.69. The molecule has 1 aliphatic rings. The van der Waals surface area contributed by atoms with Gasteiger partial charge in [-0.3, -0.25) is 4.72 Å². The van der Waals surface area contributed by atoms with Gasteiger partial charge in [0.15, 0.2) is 0 Å². The van der Waals surface area contributed by atoms with Crippen molar-refractivity contribution < 1.29 is 13.2 Å². The van der Waals surface area contributed by atoms with Gasteiger partial charge in [0, 0.05) is 35.4 Å². The van der Waals surface area contributed by atoms with Crippen LogP contribution in [0.3, 0.4) is 0 Å². The lowest BCUT2D eigenvalue weighted by molar-refractivity contribution is 0.122. The summed E-state index contributed by atoms with van der Waals surface area (Å²) in [7, 11) is -3.59. The highest BCUT2D eigenvalue weighted by Crippen LogP contribution is 2.26. The van der Waals surface area contributed by atoms with E-state index in [0.717, 1.165) is 35.9 Å². The second-order valence-electron chi connectivity index (χ2n) is 7.14. The highest BCUT2D eigenvalue weighted by atomic mass is 32.2. The van der Waals surface area contributed by atoms with Crippen molar-refractivity contribution in [2.75, 3.05) is 41.2 Å². The van der Waals surface area contributed by atoms with E-state index in [1.807, 2.05) is 38.1 Å². The Labute approximate surface area is 186 Å². The minimum atomic E-state index is -3.59. The maximum Gasteiger partial charge on any atom is 0.271 e. The summed E-state index contributed by atoms with van der Waals surface area (Å²) >= 11 is 1.29. The van der Waals surface area contributed by atoms with E-state index in [-0.39, 0.29) is 0 Å². The molecule has 0 aliphatic carbocycles. The molecule has 0 spiro atoms. The number of benzene rings is 1. The van der Waals surface area contributed by atoms with Gasteiger partial charge in [-0.1, -0.05) is 6.92 Å². The molecular weight excluding hydrogens is 434 g/mol. The molecule has 0 amide bonds. The van der Waals surface area contributed by atoms with Gasteiger partial charge in [0.1, 0.15) is 21.7 Å². The maximum absolute atomic E-state index is 12.6. The van der Waals surface area contributed by atoms with E-state index in [0.29, 0.717) is 34.8 Å². The molecule has 3 heterocycles. The van der Waals surface area contributed by atoms with Gasteiger partial charge in [-0.25, -0.2) is 18.4 Å². The quantitative estimate of drug-likeness (QED) is 0.555. The van der Waals surface area contributed by atoms with Gasteiger partial charge >= 0.3 is 0 Å². The zero-order valence-electron chi connectivity index (χ0n) is 17.5. The fourth-order valence-corrected chi connectivity index (χ4v) is 5.59. The van der Waals surface area contributed by atoms with Crippen LogP contribution in [0.5, 0.6) is 0 Å². The zero-order valence-corrected chi connectivity index (χ0v) is 19.1. The van der Waals surface area contributed by atoms with Gasteiger partial charge in [0.05, 0.1) is 13.2 Å². The largest absolute Gasteiger partial charge is 0.378 e. The molecule has 3 aromatic rings. The van der Waals surface area contributed by atoms with E-state index in [9.17, 15) is 8.42 Å². The SMILES string of the molecule is CCc1ccc(S(=O)(=O)Nc2ccc(Nc3cc(N4CCOCC4)nc(C)n3)cc2)s1. The Kier molecular flexibility index (Phi) is 6.40. The van der Waals surface area contributed by atoms with Crippen molar-refractivity contribution in [3.05, 3.63) is 53.2 Å². The zero-order chi connectivity index (χ0) is 21.8. The predicted molar refractivity (Wildman–Crippen MR) is 124 cm³/mol. The smallest absolute Gasteiger partial charge is 0.271 e. The van der Waals surface area contributed by atoms with Gasteiger partial charge in [0.2, 0.25) is 0 Å². The van der Waals surface area contributed by atoms with Crippen LogP contribution in [0.15, 0.2) is 46.7 Å². The van der Waals surface area contributed by atoms with Crippen LogP contribution in [0.2, 0.25) is 0 Å². The number of thiophene rings is 1. The molecule has 31 heavy (non-hydrogen) atoms. The van der Waals surface area contributed by atoms with Crippen LogP contribution in [0.1, 0.15) is 17.6 Å². The Bertz CT molecular complexity index is 1140. The molecule has 164 valence electrons. The van der Waals surface area contributed by atoms with Crippen molar-refractivity contribution in [3.8, 4) is 0 Å². The molecule has 2 aromatic heterocycles. The van der Waals surface area contributed by atoms with Crippen molar-refractivity contribution in [1.29, 1.82) is 0 Å². The lowest BCUT2D eigenvalue weighted by Gasteiger charge is -2.28. The van der Waals surface area contributed by atoms with E-state index in [2.05, 4.69) is 24.9 Å². The molecule has 1 aromatic carbocycles. The van der Waals surface area contributed by atoms with Crippen molar-refractivity contribution in [1.82, 2.24) is 9.97 Å². The minimum absolute atomic E-state index is 0.318. The van der Waals surface area contributed by atoms with Crippen molar-refractivity contribution in [3.63, 3.8) is 0 Å². The third-order valence-corrected chi connectivity index (χ3v) is 7.92. The molecule has 2 N–H and O–H groups in total. The topological polar surface area (TPSA) is 96.5 Å². The lowest BCUT2D eigenvalue weighted by Crippen LogP contribution is -2.36. The molecular formula is C21H25N5O3S2. The molecule has 0 bridgehead atoms.